The number of aromatic nitrogens is 2. The fraction of sp³-hybridized carbons (Fsp3) is 0.222. The SMILES string of the molecule is CNCc1ncc(-c2ccc(Br)s2)[nH]1. The Morgan fingerprint density at radius 3 is 3.07 bits per heavy atom. The van der Waals surface area contributed by atoms with Crippen molar-refractivity contribution in [3.05, 3.63) is 27.9 Å². The second-order valence-corrected chi connectivity index (χ2v) is 5.34. The molecule has 2 heterocycles. The second kappa shape index (κ2) is 4.25. The third kappa shape index (κ3) is 2.05. The number of thiophene rings is 1. The minimum absolute atomic E-state index is 0.770. The summed E-state index contributed by atoms with van der Waals surface area (Å²) in [4.78, 5) is 8.73. The Kier molecular flexibility index (Phi) is 3.00. The number of nitrogens with one attached hydrogen (secondary N) is 2. The molecule has 0 saturated heterocycles. The van der Waals surface area contributed by atoms with Crippen molar-refractivity contribution in [2.45, 2.75) is 6.54 Å². The Hall–Kier alpha value is -0.650. The first-order valence-electron chi connectivity index (χ1n) is 4.24. The first-order chi connectivity index (χ1) is 6.79. The van der Waals surface area contributed by atoms with Crippen LogP contribution in [-0.2, 0) is 6.54 Å². The molecule has 0 bridgehead atoms. The molecule has 2 N–H and O–H groups in total. The highest BCUT2D eigenvalue weighted by Gasteiger charge is 2.04. The highest BCUT2D eigenvalue weighted by molar-refractivity contribution is 9.11. The largest absolute Gasteiger partial charge is 0.340 e. The van der Waals surface area contributed by atoms with Gasteiger partial charge < -0.3 is 10.3 Å². The average Bonchev–Trinajstić information content (AvgIpc) is 2.74. The van der Waals surface area contributed by atoms with Crippen LogP contribution in [0.2, 0.25) is 0 Å². The lowest BCUT2D eigenvalue weighted by molar-refractivity contribution is 0.772. The van der Waals surface area contributed by atoms with Crippen LogP contribution >= 0.6 is 27.3 Å². The summed E-state index contributed by atoms with van der Waals surface area (Å²) in [6, 6.07) is 4.12. The van der Waals surface area contributed by atoms with E-state index in [1.807, 2.05) is 19.3 Å². The van der Waals surface area contributed by atoms with Crippen LogP contribution in [0.4, 0.5) is 0 Å². The Bertz CT molecular complexity index is 421. The van der Waals surface area contributed by atoms with Crippen molar-refractivity contribution in [3.8, 4) is 10.6 Å². The van der Waals surface area contributed by atoms with E-state index < -0.39 is 0 Å². The molecule has 0 aromatic carbocycles. The van der Waals surface area contributed by atoms with Gasteiger partial charge in [-0.2, -0.15) is 0 Å². The number of hydrogen-bond acceptors (Lipinski definition) is 3. The average molecular weight is 272 g/mol. The van der Waals surface area contributed by atoms with Gasteiger partial charge in [-0.15, -0.1) is 11.3 Å². The van der Waals surface area contributed by atoms with E-state index in [1.54, 1.807) is 11.3 Å². The molecule has 0 fully saturated rings. The lowest BCUT2D eigenvalue weighted by Crippen LogP contribution is -2.06. The molecule has 0 aliphatic carbocycles. The van der Waals surface area contributed by atoms with Gasteiger partial charge in [-0.3, -0.25) is 0 Å². The molecule has 0 unspecified atom stereocenters. The summed E-state index contributed by atoms with van der Waals surface area (Å²) in [6.45, 7) is 0.770. The zero-order valence-corrected chi connectivity index (χ0v) is 10.1. The Morgan fingerprint density at radius 2 is 2.43 bits per heavy atom. The van der Waals surface area contributed by atoms with E-state index in [4.69, 9.17) is 0 Å². The Labute approximate surface area is 94.7 Å². The molecule has 2 aromatic rings. The van der Waals surface area contributed by atoms with E-state index in [0.717, 1.165) is 21.8 Å². The molecule has 2 rings (SSSR count). The summed E-state index contributed by atoms with van der Waals surface area (Å²) in [5.74, 6) is 0.965. The molecule has 0 atom stereocenters. The predicted octanol–water partition coefficient (Wildman–Crippen LogP) is 2.62. The summed E-state index contributed by atoms with van der Waals surface area (Å²) in [5, 5.41) is 3.05. The van der Waals surface area contributed by atoms with E-state index in [2.05, 4.69) is 37.3 Å². The first-order valence-corrected chi connectivity index (χ1v) is 5.84. The van der Waals surface area contributed by atoms with Gasteiger partial charge in [-0.1, -0.05) is 0 Å². The molecule has 0 aliphatic heterocycles. The third-order valence-electron chi connectivity index (χ3n) is 1.81. The van der Waals surface area contributed by atoms with Crippen LogP contribution < -0.4 is 5.32 Å². The van der Waals surface area contributed by atoms with Crippen LogP contribution in [0.5, 0.6) is 0 Å². The van der Waals surface area contributed by atoms with Crippen molar-refractivity contribution in [1.82, 2.24) is 15.3 Å². The van der Waals surface area contributed by atoms with Gasteiger partial charge in [0.1, 0.15) is 5.82 Å². The number of hydrogen-bond donors (Lipinski definition) is 2. The summed E-state index contributed by atoms with van der Waals surface area (Å²) in [6.07, 6.45) is 1.87. The number of rotatable bonds is 3. The summed E-state index contributed by atoms with van der Waals surface area (Å²) in [7, 11) is 1.91. The molecule has 5 heteroatoms. The molecule has 14 heavy (non-hydrogen) atoms. The monoisotopic (exact) mass is 271 g/mol. The van der Waals surface area contributed by atoms with Gasteiger partial charge in [0, 0.05) is 0 Å². The van der Waals surface area contributed by atoms with Gasteiger partial charge in [0.05, 0.1) is 27.1 Å². The van der Waals surface area contributed by atoms with E-state index in [0.29, 0.717) is 0 Å². The Balaban J connectivity index is 2.24. The number of halogens is 1. The van der Waals surface area contributed by atoms with Gasteiger partial charge in [-0.05, 0) is 35.1 Å². The minimum atomic E-state index is 0.770. The van der Waals surface area contributed by atoms with E-state index in [-0.39, 0.29) is 0 Å². The predicted molar refractivity (Wildman–Crippen MR) is 62.4 cm³/mol. The van der Waals surface area contributed by atoms with Gasteiger partial charge in [0.15, 0.2) is 0 Å². The maximum Gasteiger partial charge on any atom is 0.120 e. The highest BCUT2D eigenvalue weighted by atomic mass is 79.9. The molecule has 0 radical (unpaired) electrons. The van der Waals surface area contributed by atoms with Crippen LogP contribution in [0.3, 0.4) is 0 Å². The second-order valence-electron chi connectivity index (χ2n) is 2.88. The lowest BCUT2D eigenvalue weighted by Gasteiger charge is -1.92. The van der Waals surface area contributed by atoms with Crippen LogP contribution in [0.1, 0.15) is 5.82 Å². The molecule has 0 spiro atoms. The first kappa shape index (κ1) is 9.89. The van der Waals surface area contributed by atoms with Crippen LogP contribution in [0.15, 0.2) is 22.1 Å². The number of H-pyrrole nitrogens is 1. The van der Waals surface area contributed by atoms with Crippen molar-refractivity contribution in [3.63, 3.8) is 0 Å². The van der Waals surface area contributed by atoms with Gasteiger partial charge in [-0.25, -0.2) is 4.98 Å². The fourth-order valence-corrected chi connectivity index (χ4v) is 2.56. The van der Waals surface area contributed by atoms with Crippen LogP contribution in [-0.4, -0.2) is 17.0 Å². The number of nitrogens with zero attached hydrogens (tertiary/aromatic N) is 1. The molecular formula is C9H10BrN3S. The Morgan fingerprint density at radius 1 is 1.57 bits per heavy atom. The normalized spacial score (nSPS) is 10.7. The number of aromatic amines is 1. The standard InChI is InChI=1S/C9H10BrN3S/c1-11-5-9-12-4-6(13-9)7-2-3-8(10)14-7/h2-4,11H,5H2,1H3,(H,12,13). The van der Waals surface area contributed by atoms with Crippen LogP contribution in [0, 0.1) is 0 Å². The molecular weight excluding hydrogens is 262 g/mol. The van der Waals surface area contributed by atoms with Gasteiger partial charge in [0.2, 0.25) is 0 Å². The van der Waals surface area contributed by atoms with E-state index in [1.165, 1.54) is 4.88 Å². The zero-order valence-electron chi connectivity index (χ0n) is 7.67. The summed E-state index contributed by atoms with van der Waals surface area (Å²) >= 11 is 5.14. The van der Waals surface area contributed by atoms with Gasteiger partial charge in [0.25, 0.3) is 0 Å². The molecule has 74 valence electrons. The third-order valence-corrected chi connectivity index (χ3v) is 3.47. The zero-order chi connectivity index (χ0) is 9.97. The minimum Gasteiger partial charge on any atom is -0.340 e. The smallest absolute Gasteiger partial charge is 0.120 e. The maximum absolute atomic E-state index is 4.26. The summed E-state index contributed by atoms with van der Waals surface area (Å²) < 4.78 is 1.14. The lowest BCUT2D eigenvalue weighted by atomic mass is 10.4. The van der Waals surface area contributed by atoms with Crippen molar-refractivity contribution in [2.24, 2.45) is 0 Å². The quantitative estimate of drug-likeness (QED) is 0.901. The fourth-order valence-electron chi connectivity index (χ4n) is 1.20. The number of imidazole rings is 1. The molecule has 0 aliphatic rings. The van der Waals surface area contributed by atoms with Gasteiger partial charge >= 0.3 is 0 Å². The highest BCUT2D eigenvalue weighted by Crippen LogP contribution is 2.29. The maximum atomic E-state index is 4.26. The van der Waals surface area contributed by atoms with Crippen molar-refractivity contribution in [2.75, 3.05) is 7.05 Å². The van der Waals surface area contributed by atoms with Crippen molar-refractivity contribution in [1.29, 1.82) is 0 Å². The molecule has 3 nitrogen and oxygen atoms in total. The topological polar surface area (TPSA) is 40.7 Å². The molecule has 0 amide bonds. The van der Waals surface area contributed by atoms with Crippen molar-refractivity contribution < 1.29 is 0 Å². The van der Waals surface area contributed by atoms with Crippen molar-refractivity contribution >= 4 is 27.3 Å². The molecule has 0 saturated carbocycles. The van der Waals surface area contributed by atoms with Crippen LogP contribution in [0.25, 0.3) is 10.6 Å². The van der Waals surface area contributed by atoms with E-state index >= 15 is 0 Å². The molecule has 2 aromatic heterocycles. The summed E-state index contributed by atoms with van der Waals surface area (Å²) in [5.41, 5.74) is 1.07. The van der Waals surface area contributed by atoms with E-state index in [9.17, 15) is 0 Å².